The molecule has 0 saturated carbocycles. The fraction of sp³-hybridized carbons (Fsp3) is 0.667. The van der Waals surface area contributed by atoms with Gasteiger partial charge in [0.1, 0.15) is 5.75 Å². The topological polar surface area (TPSA) is 24.5 Å². The fourth-order valence-electron chi connectivity index (χ4n) is 2.66. The SMILES string of the molecule is CCN(CC)CCCC(C)NC(C)c1ccc(OC)cc1. The largest absolute Gasteiger partial charge is 0.497 e. The second-order valence-corrected chi connectivity index (χ2v) is 5.73. The standard InChI is InChI=1S/C18H32N2O/c1-6-20(7-2)14-8-9-15(3)19-16(4)17-10-12-18(21-5)13-11-17/h10-13,15-16,19H,6-9,14H2,1-5H3. The molecular formula is C18H32N2O. The molecule has 2 atom stereocenters. The van der Waals surface area contributed by atoms with Gasteiger partial charge in [-0.25, -0.2) is 0 Å². The Kier molecular flexibility index (Phi) is 8.40. The molecule has 1 N–H and O–H groups in total. The van der Waals surface area contributed by atoms with Gasteiger partial charge in [0.2, 0.25) is 0 Å². The first-order valence-corrected chi connectivity index (χ1v) is 8.23. The molecule has 0 aliphatic heterocycles. The van der Waals surface area contributed by atoms with Gasteiger partial charge in [-0.15, -0.1) is 0 Å². The highest BCUT2D eigenvalue weighted by Crippen LogP contribution is 2.18. The Hall–Kier alpha value is -1.06. The molecule has 0 aromatic heterocycles. The first-order valence-electron chi connectivity index (χ1n) is 8.23. The van der Waals surface area contributed by atoms with Crippen molar-refractivity contribution in [2.24, 2.45) is 0 Å². The Labute approximate surface area is 130 Å². The Morgan fingerprint density at radius 3 is 2.24 bits per heavy atom. The quantitative estimate of drug-likeness (QED) is 0.709. The molecule has 0 amide bonds. The van der Waals surface area contributed by atoms with Crippen LogP contribution in [0.2, 0.25) is 0 Å². The molecule has 0 aliphatic carbocycles. The third kappa shape index (κ3) is 6.49. The van der Waals surface area contributed by atoms with E-state index in [1.807, 2.05) is 12.1 Å². The van der Waals surface area contributed by atoms with E-state index >= 15 is 0 Å². The summed E-state index contributed by atoms with van der Waals surface area (Å²) in [6, 6.07) is 9.24. The van der Waals surface area contributed by atoms with E-state index in [1.54, 1.807) is 7.11 Å². The van der Waals surface area contributed by atoms with Crippen LogP contribution >= 0.6 is 0 Å². The minimum atomic E-state index is 0.374. The van der Waals surface area contributed by atoms with Crippen molar-refractivity contribution in [1.29, 1.82) is 0 Å². The van der Waals surface area contributed by atoms with Crippen LogP contribution in [0.25, 0.3) is 0 Å². The Bertz CT molecular complexity index is 373. The second kappa shape index (κ2) is 9.80. The molecule has 2 unspecified atom stereocenters. The van der Waals surface area contributed by atoms with Crippen LogP contribution in [0.15, 0.2) is 24.3 Å². The average Bonchev–Trinajstić information content (AvgIpc) is 2.51. The highest BCUT2D eigenvalue weighted by Gasteiger charge is 2.10. The van der Waals surface area contributed by atoms with E-state index in [1.165, 1.54) is 24.9 Å². The summed E-state index contributed by atoms with van der Waals surface area (Å²) < 4.78 is 5.20. The lowest BCUT2D eigenvalue weighted by molar-refractivity contribution is 0.288. The summed E-state index contributed by atoms with van der Waals surface area (Å²) >= 11 is 0. The van der Waals surface area contributed by atoms with Gasteiger partial charge >= 0.3 is 0 Å². The number of rotatable bonds is 10. The second-order valence-electron chi connectivity index (χ2n) is 5.73. The zero-order chi connectivity index (χ0) is 15.7. The van der Waals surface area contributed by atoms with Crippen molar-refractivity contribution in [2.45, 2.75) is 52.6 Å². The lowest BCUT2D eigenvalue weighted by Crippen LogP contribution is -2.30. The van der Waals surface area contributed by atoms with Crippen LogP contribution < -0.4 is 10.1 Å². The normalized spacial score (nSPS) is 14.2. The zero-order valence-corrected chi connectivity index (χ0v) is 14.4. The van der Waals surface area contributed by atoms with Crippen LogP contribution in [-0.2, 0) is 0 Å². The predicted molar refractivity (Wildman–Crippen MR) is 91.0 cm³/mol. The van der Waals surface area contributed by atoms with Gasteiger partial charge in [-0.1, -0.05) is 26.0 Å². The maximum atomic E-state index is 5.20. The summed E-state index contributed by atoms with van der Waals surface area (Å²) in [5, 5.41) is 3.68. The van der Waals surface area contributed by atoms with Gasteiger partial charge in [-0.3, -0.25) is 0 Å². The first-order chi connectivity index (χ1) is 10.1. The Morgan fingerprint density at radius 2 is 1.71 bits per heavy atom. The highest BCUT2D eigenvalue weighted by atomic mass is 16.5. The number of methoxy groups -OCH3 is 1. The summed E-state index contributed by atoms with van der Waals surface area (Å²) in [7, 11) is 1.70. The van der Waals surface area contributed by atoms with Crippen LogP contribution in [0.4, 0.5) is 0 Å². The van der Waals surface area contributed by atoms with Crippen molar-refractivity contribution in [1.82, 2.24) is 10.2 Å². The number of nitrogens with one attached hydrogen (secondary N) is 1. The van der Waals surface area contributed by atoms with E-state index in [2.05, 4.69) is 50.0 Å². The smallest absolute Gasteiger partial charge is 0.118 e. The van der Waals surface area contributed by atoms with Crippen molar-refractivity contribution < 1.29 is 4.74 Å². The van der Waals surface area contributed by atoms with E-state index in [-0.39, 0.29) is 0 Å². The van der Waals surface area contributed by atoms with E-state index in [0.29, 0.717) is 12.1 Å². The van der Waals surface area contributed by atoms with E-state index in [9.17, 15) is 0 Å². The van der Waals surface area contributed by atoms with Crippen molar-refractivity contribution >= 4 is 0 Å². The summed E-state index contributed by atoms with van der Waals surface area (Å²) in [5.74, 6) is 0.915. The molecule has 1 aromatic rings. The van der Waals surface area contributed by atoms with Crippen LogP contribution in [0.5, 0.6) is 5.75 Å². The minimum absolute atomic E-state index is 0.374. The Balaban J connectivity index is 2.33. The number of hydrogen-bond acceptors (Lipinski definition) is 3. The molecule has 0 spiro atoms. The molecular weight excluding hydrogens is 260 g/mol. The lowest BCUT2D eigenvalue weighted by atomic mass is 10.1. The first kappa shape index (κ1) is 18.0. The molecule has 0 fully saturated rings. The molecule has 1 aromatic carbocycles. The van der Waals surface area contributed by atoms with Gasteiger partial charge in [0.05, 0.1) is 7.11 Å². The highest BCUT2D eigenvalue weighted by molar-refractivity contribution is 5.28. The van der Waals surface area contributed by atoms with Gasteiger partial charge in [-0.2, -0.15) is 0 Å². The van der Waals surface area contributed by atoms with Gasteiger partial charge in [-0.05, 0) is 64.0 Å². The summed E-state index contributed by atoms with van der Waals surface area (Å²) in [6.07, 6.45) is 2.47. The fourth-order valence-corrected chi connectivity index (χ4v) is 2.66. The monoisotopic (exact) mass is 292 g/mol. The van der Waals surface area contributed by atoms with Gasteiger partial charge in [0.25, 0.3) is 0 Å². The Morgan fingerprint density at radius 1 is 1.10 bits per heavy atom. The van der Waals surface area contributed by atoms with E-state index in [4.69, 9.17) is 4.74 Å². The van der Waals surface area contributed by atoms with Crippen LogP contribution in [0.1, 0.15) is 52.1 Å². The zero-order valence-electron chi connectivity index (χ0n) is 14.4. The molecule has 0 radical (unpaired) electrons. The number of nitrogens with zero attached hydrogens (tertiary/aromatic N) is 1. The third-order valence-electron chi connectivity index (χ3n) is 4.16. The summed E-state index contributed by atoms with van der Waals surface area (Å²) in [6.45, 7) is 12.5. The van der Waals surface area contributed by atoms with Crippen molar-refractivity contribution in [3.8, 4) is 5.75 Å². The van der Waals surface area contributed by atoms with Crippen molar-refractivity contribution in [2.75, 3.05) is 26.7 Å². The van der Waals surface area contributed by atoms with E-state index in [0.717, 1.165) is 18.8 Å². The van der Waals surface area contributed by atoms with Crippen LogP contribution in [-0.4, -0.2) is 37.7 Å². The lowest BCUT2D eigenvalue weighted by Gasteiger charge is -2.22. The minimum Gasteiger partial charge on any atom is -0.497 e. The molecule has 3 nitrogen and oxygen atoms in total. The van der Waals surface area contributed by atoms with Gasteiger partial charge in [0, 0.05) is 12.1 Å². The molecule has 1 rings (SSSR count). The molecule has 3 heteroatoms. The predicted octanol–water partition coefficient (Wildman–Crippen LogP) is 3.86. The maximum absolute atomic E-state index is 5.20. The van der Waals surface area contributed by atoms with Crippen molar-refractivity contribution in [3.63, 3.8) is 0 Å². The third-order valence-corrected chi connectivity index (χ3v) is 4.16. The van der Waals surface area contributed by atoms with Gasteiger partial charge in [0.15, 0.2) is 0 Å². The van der Waals surface area contributed by atoms with Crippen molar-refractivity contribution in [3.05, 3.63) is 29.8 Å². The average molecular weight is 292 g/mol. The molecule has 21 heavy (non-hydrogen) atoms. The number of ether oxygens (including phenoxy) is 1. The molecule has 0 aliphatic rings. The summed E-state index contributed by atoms with van der Waals surface area (Å²) in [5.41, 5.74) is 1.31. The van der Waals surface area contributed by atoms with Gasteiger partial charge < -0.3 is 15.0 Å². The molecule has 0 bridgehead atoms. The van der Waals surface area contributed by atoms with Crippen LogP contribution in [0, 0.1) is 0 Å². The number of hydrogen-bond donors (Lipinski definition) is 1. The molecule has 120 valence electrons. The van der Waals surface area contributed by atoms with Crippen LogP contribution in [0.3, 0.4) is 0 Å². The maximum Gasteiger partial charge on any atom is 0.118 e. The molecule has 0 heterocycles. The summed E-state index contributed by atoms with van der Waals surface area (Å²) in [4.78, 5) is 2.49. The van der Waals surface area contributed by atoms with E-state index < -0.39 is 0 Å². The number of benzene rings is 1. The molecule has 0 saturated heterocycles.